The molecule has 3 aromatic rings. The fourth-order valence-electron chi connectivity index (χ4n) is 2.30. The summed E-state index contributed by atoms with van der Waals surface area (Å²) in [5.74, 6) is -0.949. The Morgan fingerprint density at radius 1 is 1.36 bits per heavy atom. The van der Waals surface area contributed by atoms with Crippen LogP contribution in [0.2, 0.25) is 0 Å². The molecule has 0 saturated carbocycles. The maximum atomic E-state index is 13.4. The SMILES string of the molecule is CCOC(=O)c1nc2cc(-n3ccnc3)c(C(F)(F)F)cc2[nH]c1=O. The summed E-state index contributed by atoms with van der Waals surface area (Å²) in [7, 11) is 0. The Bertz CT molecular complexity index is 994. The molecule has 1 N–H and O–H groups in total. The molecule has 7 nitrogen and oxygen atoms in total. The van der Waals surface area contributed by atoms with E-state index in [1.54, 1.807) is 6.92 Å². The van der Waals surface area contributed by atoms with Crippen molar-refractivity contribution < 1.29 is 22.7 Å². The van der Waals surface area contributed by atoms with Gasteiger partial charge in [0, 0.05) is 12.4 Å². The van der Waals surface area contributed by atoms with Crippen molar-refractivity contribution in [1.82, 2.24) is 19.5 Å². The Morgan fingerprint density at radius 2 is 2.12 bits per heavy atom. The van der Waals surface area contributed by atoms with E-state index in [0.29, 0.717) is 0 Å². The molecule has 0 atom stereocenters. The Morgan fingerprint density at radius 3 is 2.72 bits per heavy atom. The van der Waals surface area contributed by atoms with Crippen molar-refractivity contribution in [3.8, 4) is 5.69 Å². The first-order valence-corrected chi connectivity index (χ1v) is 7.12. The molecule has 1 aromatic carbocycles. The number of aromatic amines is 1. The molecule has 0 unspecified atom stereocenters. The molecular formula is C15H11F3N4O3. The number of H-pyrrole nitrogens is 1. The van der Waals surface area contributed by atoms with Gasteiger partial charge < -0.3 is 14.3 Å². The lowest BCUT2D eigenvalue weighted by atomic mass is 10.1. The van der Waals surface area contributed by atoms with Crippen molar-refractivity contribution in [1.29, 1.82) is 0 Å². The maximum Gasteiger partial charge on any atom is 0.418 e. The third kappa shape index (κ3) is 3.10. The number of halogens is 3. The van der Waals surface area contributed by atoms with Crippen LogP contribution in [0.1, 0.15) is 23.0 Å². The number of esters is 1. The number of hydrogen-bond acceptors (Lipinski definition) is 5. The van der Waals surface area contributed by atoms with Gasteiger partial charge in [0.25, 0.3) is 5.56 Å². The van der Waals surface area contributed by atoms with Crippen LogP contribution in [0.25, 0.3) is 16.7 Å². The van der Waals surface area contributed by atoms with E-state index in [-0.39, 0.29) is 23.3 Å². The molecule has 2 heterocycles. The average molecular weight is 352 g/mol. The predicted molar refractivity (Wildman–Crippen MR) is 80.4 cm³/mol. The second-order valence-corrected chi connectivity index (χ2v) is 4.99. The monoisotopic (exact) mass is 352 g/mol. The number of carbonyl (C=O) groups is 1. The van der Waals surface area contributed by atoms with Gasteiger partial charge in [-0.25, -0.2) is 14.8 Å². The van der Waals surface area contributed by atoms with Crippen LogP contribution in [-0.4, -0.2) is 32.1 Å². The zero-order valence-electron chi connectivity index (χ0n) is 12.8. The zero-order valence-corrected chi connectivity index (χ0v) is 12.8. The largest absolute Gasteiger partial charge is 0.461 e. The molecular weight excluding hydrogens is 341 g/mol. The Labute approximate surface area is 138 Å². The van der Waals surface area contributed by atoms with E-state index < -0.39 is 29.0 Å². The number of nitrogens with one attached hydrogen (secondary N) is 1. The van der Waals surface area contributed by atoms with Gasteiger partial charge in [-0.15, -0.1) is 0 Å². The molecule has 0 radical (unpaired) electrons. The van der Waals surface area contributed by atoms with Crippen LogP contribution < -0.4 is 5.56 Å². The van der Waals surface area contributed by atoms with Crippen LogP contribution in [0.15, 0.2) is 35.6 Å². The Balaban J connectivity index is 2.28. The molecule has 0 saturated heterocycles. The summed E-state index contributed by atoms with van der Waals surface area (Å²) < 4.78 is 46.0. The first-order chi connectivity index (χ1) is 11.8. The lowest BCUT2D eigenvalue weighted by Gasteiger charge is -2.14. The van der Waals surface area contributed by atoms with Gasteiger partial charge in [0.2, 0.25) is 5.69 Å². The van der Waals surface area contributed by atoms with Gasteiger partial charge in [-0.2, -0.15) is 13.2 Å². The topological polar surface area (TPSA) is 89.9 Å². The molecule has 3 rings (SSSR count). The number of fused-ring (bicyclic) bond motifs is 1. The predicted octanol–water partition coefficient (Wildman–Crippen LogP) is 2.30. The smallest absolute Gasteiger partial charge is 0.418 e. The van der Waals surface area contributed by atoms with Crippen molar-refractivity contribution in [2.45, 2.75) is 13.1 Å². The van der Waals surface area contributed by atoms with Crippen LogP contribution in [0.3, 0.4) is 0 Å². The summed E-state index contributed by atoms with van der Waals surface area (Å²) in [6.07, 6.45) is -0.790. The minimum atomic E-state index is -4.66. The number of aromatic nitrogens is 4. The van der Waals surface area contributed by atoms with Gasteiger partial charge in [-0.3, -0.25) is 4.79 Å². The summed E-state index contributed by atoms with van der Waals surface area (Å²) in [5.41, 5.74) is -2.78. The van der Waals surface area contributed by atoms with E-state index in [2.05, 4.69) is 15.0 Å². The highest BCUT2D eigenvalue weighted by molar-refractivity contribution is 5.90. The van der Waals surface area contributed by atoms with Crippen LogP contribution in [0.4, 0.5) is 13.2 Å². The molecule has 0 aliphatic heterocycles. The highest BCUT2D eigenvalue weighted by Gasteiger charge is 2.35. The van der Waals surface area contributed by atoms with Crippen LogP contribution in [0.5, 0.6) is 0 Å². The van der Waals surface area contributed by atoms with Gasteiger partial charge in [-0.05, 0) is 19.1 Å². The molecule has 0 spiro atoms. The molecule has 10 heteroatoms. The molecule has 0 aliphatic carbocycles. The highest BCUT2D eigenvalue weighted by Crippen LogP contribution is 2.35. The first kappa shape index (κ1) is 16.7. The third-order valence-corrected chi connectivity index (χ3v) is 3.37. The highest BCUT2D eigenvalue weighted by atomic mass is 19.4. The van der Waals surface area contributed by atoms with Gasteiger partial charge in [0.15, 0.2) is 0 Å². The fourth-order valence-corrected chi connectivity index (χ4v) is 2.30. The summed E-state index contributed by atoms with van der Waals surface area (Å²) in [6, 6.07) is 1.90. The Hall–Kier alpha value is -3.17. The third-order valence-electron chi connectivity index (χ3n) is 3.37. The molecule has 2 aromatic heterocycles. The fraction of sp³-hybridized carbons (Fsp3) is 0.200. The molecule has 25 heavy (non-hydrogen) atoms. The minimum absolute atomic E-state index is 0.0133. The molecule has 0 amide bonds. The minimum Gasteiger partial charge on any atom is -0.461 e. The standard InChI is InChI=1S/C15H11F3N4O3/c1-2-25-14(24)12-13(23)21-9-5-8(15(16,17)18)11(6-10(9)20-12)22-4-3-19-7-22/h3-7H,2H2,1H3,(H,21,23). The number of rotatable bonds is 3. The quantitative estimate of drug-likeness (QED) is 0.731. The molecule has 0 fully saturated rings. The van der Waals surface area contributed by atoms with Crippen molar-refractivity contribution in [3.63, 3.8) is 0 Å². The maximum absolute atomic E-state index is 13.4. The lowest BCUT2D eigenvalue weighted by molar-refractivity contribution is -0.137. The van der Waals surface area contributed by atoms with Crippen molar-refractivity contribution in [2.24, 2.45) is 0 Å². The summed E-state index contributed by atoms with van der Waals surface area (Å²) in [6.45, 7) is 1.59. The van der Waals surface area contributed by atoms with Gasteiger partial charge in [-0.1, -0.05) is 0 Å². The number of ether oxygens (including phenoxy) is 1. The molecule has 130 valence electrons. The van der Waals surface area contributed by atoms with Crippen molar-refractivity contribution in [3.05, 3.63) is 52.5 Å². The number of nitrogens with zero attached hydrogens (tertiary/aromatic N) is 3. The van der Waals surface area contributed by atoms with Crippen LogP contribution >= 0.6 is 0 Å². The first-order valence-electron chi connectivity index (χ1n) is 7.12. The van der Waals surface area contributed by atoms with Crippen LogP contribution in [-0.2, 0) is 10.9 Å². The van der Waals surface area contributed by atoms with Crippen molar-refractivity contribution >= 4 is 17.0 Å². The zero-order chi connectivity index (χ0) is 18.2. The average Bonchev–Trinajstić information content (AvgIpc) is 3.06. The number of benzene rings is 1. The van der Waals surface area contributed by atoms with Gasteiger partial charge in [0.1, 0.15) is 0 Å². The van der Waals surface area contributed by atoms with Crippen LogP contribution in [0, 0.1) is 0 Å². The Kier molecular flexibility index (Phi) is 4.03. The number of carbonyl (C=O) groups excluding carboxylic acids is 1. The van der Waals surface area contributed by atoms with E-state index in [9.17, 15) is 22.8 Å². The molecule has 0 aliphatic rings. The summed E-state index contributed by atoms with van der Waals surface area (Å²) >= 11 is 0. The lowest BCUT2D eigenvalue weighted by Crippen LogP contribution is -2.22. The van der Waals surface area contributed by atoms with Crippen molar-refractivity contribution in [2.75, 3.05) is 6.61 Å². The normalized spacial score (nSPS) is 11.7. The van der Waals surface area contributed by atoms with E-state index >= 15 is 0 Å². The number of imidazole rings is 1. The number of hydrogen-bond donors (Lipinski definition) is 1. The van der Waals surface area contributed by atoms with E-state index in [0.717, 1.165) is 12.1 Å². The molecule has 0 bridgehead atoms. The van der Waals surface area contributed by atoms with Gasteiger partial charge >= 0.3 is 12.1 Å². The number of alkyl halides is 3. The summed E-state index contributed by atoms with van der Waals surface area (Å²) in [4.78, 5) is 33.5. The second-order valence-electron chi connectivity index (χ2n) is 4.99. The van der Waals surface area contributed by atoms with Gasteiger partial charge in [0.05, 0.1) is 35.2 Å². The summed E-state index contributed by atoms with van der Waals surface area (Å²) in [5, 5.41) is 0. The van der Waals surface area contributed by atoms with E-state index in [1.165, 1.54) is 23.3 Å². The van der Waals surface area contributed by atoms with E-state index in [4.69, 9.17) is 4.74 Å². The van der Waals surface area contributed by atoms with E-state index in [1.807, 2.05) is 0 Å². The second kappa shape index (κ2) is 6.04.